The summed E-state index contributed by atoms with van der Waals surface area (Å²) in [6, 6.07) is 6.48. The summed E-state index contributed by atoms with van der Waals surface area (Å²) in [5.41, 5.74) is 1.23. The number of thioether (sulfide) groups is 1. The normalized spacial score (nSPS) is 14.4. The van der Waals surface area contributed by atoms with Crippen LogP contribution in [0.5, 0.6) is 0 Å². The monoisotopic (exact) mass is 347 g/mol. The fraction of sp³-hybridized carbons (Fsp3) is 0.571. The van der Waals surface area contributed by atoms with Crippen molar-refractivity contribution in [2.75, 3.05) is 18.9 Å². The van der Waals surface area contributed by atoms with Crippen LogP contribution in [0.2, 0.25) is 0 Å². The maximum atomic E-state index is 9.46. The zero-order valence-electron chi connectivity index (χ0n) is 11.4. The molecule has 0 bridgehead atoms. The molecule has 1 aromatic rings. The van der Waals surface area contributed by atoms with Crippen LogP contribution in [0.4, 0.5) is 0 Å². The standard InChI is InChI=1S/C14H22BrNO2S/c1-3-6-16-10(2)13-5-4-11(15)7-14(13)19-9-12(18)8-17/h4-5,7,10,12,16-18H,3,6,8-9H2,1-2H3. The minimum Gasteiger partial charge on any atom is -0.394 e. The number of aliphatic hydroxyl groups excluding tert-OH is 2. The SMILES string of the molecule is CCCNC(C)c1ccc(Br)cc1SCC(O)CO. The van der Waals surface area contributed by atoms with E-state index < -0.39 is 6.10 Å². The van der Waals surface area contributed by atoms with Gasteiger partial charge in [-0.2, -0.15) is 0 Å². The number of hydrogen-bond donors (Lipinski definition) is 3. The molecule has 0 aliphatic carbocycles. The topological polar surface area (TPSA) is 52.5 Å². The first-order valence-corrected chi connectivity index (χ1v) is 8.30. The van der Waals surface area contributed by atoms with Gasteiger partial charge in [0.15, 0.2) is 0 Å². The van der Waals surface area contributed by atoms with E-state index in [9.17, 15) is 5.11 Å². The molecular formula is C14H22BrNO2S. The Morgan fingerprint density at radius 3 is 2.79 bits per heavy atom. The molecule has 108 valence electrons. The molecular weight excluding hydrogens is 326 g/mol. The van der Waals surface area contributed by atoms with Gasteiger partial charge in [0, 0.05) is 21.2 Å². The number of benzene rings is 1. The average molecular weight is 348 g/mol. The van der Waals surface area contributed by atoms with Gasteiger partial charge < -0.3 is 15.5 Å². The van der Waals surface area contributed by atoms with E-state index in [1.165, 1.54) is 5.56 Å². The van der Waals surface area contributed by atoms with E-state index in [2.05, 4.69) is 47.2 Å². The van der Waals surface area contributed by atoms with E-state index in [0.29, 0.717) is 5.75 Å². The molecule has 0 spiro atoms. The lowest BCUT2D eigenvalue weighted by atomic mass is 10.1. The van der Waals surface area contributed by atoms with E-state index in [-0.39, 0.29) is 12.6 Å². The fourth-order valence-electron chi connectivity index (χ4n) is 1.70. The molecule has 0 saturated heterocycles. The first-order chi connectivity index (χ1) is 9.08. The summed E-state index contributed by atoms with van der Waals surface area (Å²) in [6.45, 7) is 5.08. The van der Waals surface area contributed by atoms with Gasteiger partial charge in [0.25, 0.3) is 0 Å². The second-order valence-corrected chi connectivity index (χ2v) is 6.48. The summed E-state index contributed by atoms with van der Waals surface area (Å²) >= 11 is 5.05. The van der Waals surface area contributed by atoms with Gasteiger partial charge in [-0.3, -0.25) is 0 Å². The Balaban J connectivity index is 2.78. The molecule has 0 fully saturated rings. The predicted molar refractivity (Wildman–Crippen MR) is 84.7 cm³/mol. The van der Waals surface area contributed by atoms with E-state index >= 15 is 0 Å². The minimum atomic E-state index is -0.671. The van der Waals surface area contributed by atoms with Crippen molar-refractivity contribution in [2.45, 2.75) is 37.3 Å². The third-order valence-corrected chi connectivity index (χ3v) is 4.49. The lowest BCUT2D eigenvalue weighted by Crippen LogP contribution is -2.20. The summed E-state index contributed by atoms with van der Waals surface area (Å²) in [7, 11) is 0. The number of nitrogens with one attached hydrogen (secondary N) is 1. The molecule has 0 amide bonds. The number of rotatable bonds is 8. The van der Waals surface area contributed by atoms with Crippen molar-refractivity contribution in [3.05, 3.63) is 28.2 Å². The summed E-state index contributed by atoms with van der Waals surface area (Å²) in [4.78, 5) is 1.14. The fourth-order valence-corrected chi connectivity index (χ4v) is 3.31. The highest BCUT2D eigenvalue weighted by molar-refractivity contribution is 9.10. The van der Waals surface area contributed by atoms with E-state index in [0.717, 1.165) is 22.3 Å². The van der Waals surface area contributed by atoms with Crippen molar-refractivity contribution >= 4 is 27.7 Å². The quantitative estimate of drug-likeness (QED) is 0.633. The summed E-state index contributed by atoms with van der Waals surface area (Å²) in [5, 5.41) is 21.8. The highest BCUT2D eigenvalue weighted by Crippen LogP contribution is 2.30. The third-order valence-electron chi connectivity index (χ3n) is 2.78. The maximum absolute atomic E-state index is 9.46. The van der Waals surface area contributed by atoms with Gasteiger partial charge in [0.05, 0.1) is 12.7 Å². The Morgan fingerprint density at radius 2 is 2.16 bits per heavy atom. The first kappa shape index (κ1) is 17.0. The summed E-state index contributed by atoms with van der Waals surface area (Å²) in [6.07, 6.45) is 0.433. The van der Waals surface area contributed by atoms with Gasteiger partial charge in [-0.15, -0.1) is 11.8 Å². The molecule has 2 unspecified atom stereocenters. The zero-order chi connectivity index (χ0) is 14.3. The van der Waals surface area contributed by atoms with Crippen molar-refractivity contribution in [2.24, 2.45) is 0 Å². The Bertz CT molecular complexity index is 390. The number of aliphatic hydroxyl groups is 2. The first-order valence-electron chi connectivity index (χ1n) is 6.53. The van der Waals surface area contributed by atoms with Gasteiger partial charge >= 0.3 is 0 Å². The van der Waals surface area contributed by atoms with Crippen LogP contribution in [0, 0.1) is 0 Å². The van der Waals surface area contributed by atoms with Crippen molar-refractivity contribution < 1.29 is 10.2 Å². The van der Waals surface area contributed by atoms with Crippen LogP contribution in [-0.2, 0) is 0 Å². The van der Waals surface area contributed by atoms with Crippen molar-refractivity contribution in [3.8, 4) is 0 Å². The van der Waals surface area contributed by atoms with Gasteiger partial charge in [-0.05, 0) is 37.6 Å². The Morgan fingerprint density at radius 1 is 1.42 bits per heavy atom. The van der Waals surface area contributed by atoms with Crippen molar-refractivity contribution in [1.82, 2.24) is 5.32 Å². The molecule has 0 aliphatic rings. The summed E-state index contributed by atoms with van der Waals surface area (Å²) in [5.74, 6) is 0.500. The molecule has 0 heterocycles. The molecule has 19 heavy (non-hydrogen) atoms. The van der Waals surface area contributed by atoms with E-state index in [4.69, 9.17) is 5.11 Å². The van der Waals surface area contributed by atoms with Gasteiger partial charge in [-0.1, -0.05) is 28.9 Å². The Hall–Kier alpha value is -0.0700. The molecule has 0 saturated carbocycles. The van der Waals surface area contributed by atoms with E-state index in [1.807, 2.05) is 6.07 Å². The number of hydrogen-bond acceptors (Lipinski definition) is 4. The van der Waals surface area contributed by atoms with Gasteiger partial charge in [0.1, 0.15) is 0 Å². The molecule has 1 rings (SSSR count). The van der Waals surface area contributed by atoms with Crippen LogP contribution in [0.3, 0.4) is 0 Å². The molecule has 5 heteroatoms. The minimum absolute atomic E-state index is 0.194. The Labute approximate surface area is 127 Å². The summed E-state index contributed by atoms with van der Waals surface area (Å²) < 4.78 is 1.03. The van der Waals surface area contributed by atoms with Crippen LogP contribution in [0.25, 0.3) is 0 Å². The van der Waals surface area contributed by atoms with Crippen molar-refractivity contribution in [3.63, 3.8) is 0 Å². The lowest BCUT2D eigenvalue weighted by Gasteiger charge is -2.18. The van der Waals surface area contributed by atoms with Crippen LogP contribution in [-0.4, -0.2) is 35.2 Å². The number of halogens is 1. The molecule has 2 atom stereocenters. The van der Waals surface area contributed by atoms with Crippen LogP contribution >= 0.6 is 27.7 Å². The van der Waals surface area contributed by atoms with Crippen LogP contribution in [0.15, 0.2) is 27.6 Å². The average Bonchev–Trinajstić information content (AvgIpc) is 2.42. The highest BCUT2D eigenvalue weighted by atomic mass is 79.9. The van der Waals surface area contributed by atoms with Crippen LogP contribution in [0.1, 0.15) is 31.9 Å². The highest BCUT2D eigenvalue weighted by Gasteiger charge is 2.12. The molecule has 1 aromatic carbocycles. The van der Waals surface area contributed by atoms with Gasteiger partial charge in [-0.25, -0.2) is 0 Å². The molecule has 3 nitrogen and oxygen atoms in total. The molecule has 0 aromatic heterocycles. The lowest BCUT2D eigenvalue weighted by molar-refractivity contribution is 0.113. The second kappa shape index (κ2) is 8.97. The Kier molecular flexibility index (Phi) is 8.02. The van der Waals surface area contributed by atoms with Gasteiger partial charge in [0.2, 0.25) is 0 Å². The largest absolute Gasteiger partial charge is 0.394 e. The second-order valence-electron chi connectivity index (χ2n) is 4.51. The molecule has 0 aliphatic heterocycles. The third kappa shape index (κ3) is 5.83. The van der Waals surface area contributed by atoms with Crippen LogP contribution < -0.4 is 5.32 Å². The molecule has 3 N–H and O–H groups in total. The smallest absolute Gasteiger partial charge is 0.0864 e. The van der Waals surface area contributed by atoms with Crippen molar-refractivity contribution in [1.29, 1.82) is 0 Å². The zero-order valence-corrected chi connectivity index (χ0v) is 13.8. The maximum Gasteiger partial charge on any atom is 0.0864 e. The molecule has 0 radical (unpaired) electrons. The predicted octanol–water partition coefficient (Wildman–Crippen LogP) is 2.96. The van der Waals surface area contributed by atoms with E-state index in [1.54, 1.807) is 11.8 Å².